The van der Waals surface area contributed by atoms with Gasteiger partial charge in [0.1, 0.15) is 35.2 Å². The first-order chi connectivity index (χ1) is 17.9. The van der Waals surface area contributed by atoms with Crippen LogP contribution in [0.5, 0.6) is 0 Å². The van der Waals surface area contributed by atoms with Crippen LogP contribution in [0.1, 0.15) is 51.1 Å². The number of aryl methyl sites for hydroxylation is 1. The van der Waals surface area contributed by atoms with E-state index in [1.54, 1.807) is 0 Å². The summed E-state index contributed by atoms with van der Waals surface area (Å²) in [5.41, 5.74) is 4.37. The Morgan fingerprint density at radius 1 is 1.08 bits per heavy atom. The molecular weight excluding hydrogens is 486 g/mol. The van der Waals surface area contributed by atoms with Crippen molar-refractivity contribution in [2.24, 2.45) is 0 Å². The first-order valence-corrected chi connectivity index (χ1v) is 13.5. The molecule has 7 nitrogen and oxygen atoms in total. The molecule has 3 atom stereocenters. The minimum atomic E-state index is -0.639. The van der Waals surface area contributed by atoms with E-state index in [1.807, 2.05) is 26.1 Å². The van der Waals surface area contributed by atoms with Gasteiger partial charge in [-0.05, 0) is 81.4 Å². The van der Waals surface area contributed by atoms with Gasteiger partial charge in [-0.1, -0.05) is 29.8 Å². The van der Waals surface area contributed by atoms with Crippen molar-refractivity contribution in [3.8, 4) is 0 Å². The van der Waals surface area contributed by atoms with Gasteiger partial charge in [0.05, 0.1) is 16.9 Å². The highest BCUT2D eigenvalue weighted by Crippen LogP contribution is 2.45. The third-order valence-electron chi connectivity index (χ3n) is 7.91. The molecule has 0 spiro atoms. The predicted molar refractivity (Wildman–Crippen MR) is 145 cm³/mol. The van der Waals surface area contributed by atoms with Crippen molar-refractivity contribution >= 4 is 39.4 Å². The second-order valence-corrected chi connectivity index (χ2v) is 11.2. The number of fused-ring (bicyclic) bond motifs is 3. The maximum atomic E-state index is 6.40. The van der Waals surface area contributed by atoms with E-state index in [0.717, 1.165) is 40.6 Å². The van der Waals surface area contributed by atoms with Crippen molar-refractivity contribution in [3.63, 3.8) is 0 Å². The smallest absolute Gasteiger partial charge is 0.164 e. The van der Waals surface area contributed by atoms with Crippen molar-refractivity contribution in [1.82, 2.24) is 19.5 Å². The number of aromatic nitrogens is 4. The third-order valence-corrected chi connectivity index (χ3v) is 8.22. The molecule has 1 aliphatic heterocycles. The van der Waals surface area contributed by atoms with E-state index in [0.29, 0.717) is 11.2 Å². The van der Waals surface area contributed by atoms with Crippen LogP contribution in [0.3, 0.4) is 0 Å². The van der Waals surface area contributed by atoms with Crippen LogP contribution >= 0.6 is 11.6 Å². The predicted octanol–water partition coefficient (Wildman–Crippen LogP) is 6.23. The zero-order valence-electron chi connectivity index (χ0n) is 21.0. The lowest BCUT2D eigenvalue weighted by molar-refractivity contribution is -0.147. The molecule has 2 fully saturated rings. The molecule has 1 aromatic carbocycles. The molecule has 4 aromatic rings. The van der Waals surface area contributed by atoms with Crippen molar-refractivity contribution in [2.75, 3.05) is 5.32 Å². The molecule has 3 aromatic heterocycles. The maximum Gasteiger partial charge on any atom is 0.164 e. The standard InChI is InChI=1S/C29H30ClN5O2/c1-29(2)36-25-19(15-23(26(25)37-29)35-13-12-21-27(30)31-16-32-28(21)35)9-7-17-6-8-18-10-11-24(34-22(18)14-17)33-20-4-3-5-20/h6,8,10-16,20,23,25-26H,3-5,7,9H2,1-2H3,(H,33,34)/t23-,25-,26+/m1/s1. The SMILES string of the molecule is CC1(C)O[C@@H]2[C@H](O1)C(CCc1ccc3ccc(NC4CCC4)nc3c1)=C[C@H]2n1ccc2c(Cl)ncnc21. The molecule has 0 radical (unpaired) electrons. The van der Waals surface area contributed by atoms with E-state index < -0.39 is 5.79 Å². The quantitative estimate of drug-likeness (QED) is 0.242. The van der Waals surface area contributed by atoms with Gasteiger partial charge in [0, 0.05) is 17.6 Å². The molecule has 1 saturated carbocycles. The Bertz CT molecular complexity index is 1530. The summed E-state index contributed by atoms with van der Waals surface area (Å²) in [5, 5.41) is 6.03. The Hall–Kier alpha value is -3.00. The number of ether oxygens (including phenoxy) is 2. The largest absolute Gasteiger partial charge is 0.367 e. The van der Waals surface area contributed by atoms with Crippen molar-refractivity contribution in [3.05, 3.63) is 71.3 Å². The summed E-state index contributed by atoms with van der Waals surface area (Å²) < 4.78 is 14.9. The monoisotopic (exact) mass is 515 g/mol. The number of anilines is 1. The lowest BCUT2D eigenvalue weighted by Gasteiger charge is -2.26. The van der Waals surface area contributed by atoms with Crippen LogP contribution in [0, 0.1) is 0 Å². The Morgan fingerprint density at radius 2 is 1.95 bits per heavy atom. The van der Waals surface area contributed by atoms with Crippen LogP contribution in [0.25, 0.3) is 21.9 Å². The first kappa shape index (κ1) is 23.1. The van der Waals surface area contributed by atoms with Gasteiger partial charge in [0.15, 0.2) is 5.79 Å². The number of hydrogen-bond acceptors (Lipinski definition) is 6. The normalized spacial score (nSPS) is 24.8. The molecule has 0 unspecified atom stereocenters. The van der Waals surface area contributed by atoms with Gasteiger partial charge in [-0.25, -0.2) is 15.0 Å². The van der Waals surface area contributed by atoms with E-state index in [2.05, 4.69) is 56.3 Å². The fourth-order valence-corrected chi connectivity index (χ4v) is 6.02. The highest BCUT2D eigenvalue weighted by Gasteiger charge is 2.50. The van der Waals surface area contributed by atoms with E-state index in [1.165, 1.54) is 36.7 Å². The van der Waals surface area contributed by atoms with Crippen LogP contribution in [-0.2, 0) is 15.9 Å². The molecule has 0 amide bonds. The summed E-state index contributed by atoms with van der Waals surface area (Å²) in [6.07, 6.45) is 11.2. The van der Waals surface area contributed by atoms with Gasteiger partial charge >= 0.3 is 0 Å². The molecule has 3 aliphatic rings. The highest BCUT2D eigenvalue weighted by atomic mass is 35.5. The number of nitrogens with zero attached hydrogens (tertiary/aromatic N) is 4. The lowest BCUT2D eigenvalue weighted by atomic mass is 9.93. The van der Waals surface area contributed by atoms with Crippen molar-refractivity contribution < 1.29 is 9.47 Å². The molecule has 190 valence electrons. The van der Waals surface area contributed by atoms with Gasteiger partial charge < -0.3 is 19.4 Å². The Kier molecular flexibility index (Phi) is 5.50. The molecule has 0 bridgehead atoms. The van der Waals surface area contributed by atoms with E-state index in [9.17, 15) is 0 Å². The second-order valence-electron chi connectivity index (χ2n) is 10.9. The number of pyridine rings is 1. The molecule has 1 saturated heterocycles. The number of rotatable bonds is 6. The lowest BCUT2D eigenvalue weighted by Crippen LogP contribution is -2.27. The molecule has 8 heteroatoms. The zero-order chi connectivity index (χ0) is 25.1. The molecular formula is C29H30ClN5O2. The molecule has 4 heterocycles. The highest BCUT2D eigenvalue weighted by molar-refractivity contribution is 6.33. The molecule has 1 N–H and O–H groups in total. The van der Waals surface area contributed by atoms with E-state index in [-0.39, 0.29) is 18.2 Å². The Labute approximate surface area is 220 Å². The summed E-state index contributed by atoms with van der Waals surface area (Å²) in [4.78, 5) is 13.5. The third kappa shape index (κ3) is 4.19. The zero-order valence-corrected chi connectivity index (χ0v) is 21.8. The average Bonchev–Trinajstić information content (AvgIpc) is 3.51. The van der Waals surface area contributed by atoms with Crippen LogP contribution < -0.4 is 5.32 Å². The van der Waals surface area contributed by atoms with Gasteiger partial charge in [-0.2, -0.15) is 0 Å². The summed E-state index contributed by atoms with van der Waals surface area (Å²) in [7, 11) is 0. The number of nitrogens with one attached hydrogen (secondary N) is 1. The minimum absolute atomic E-state index is 0.0244. The van der Waals surface area contributed by atoms with Gasteiger partial charge in [0.2, 0.25) is 0 Å². The number of halogens is 1. The van der Waals surface area contributed by atoms with Gasteiger partial charge in [-0.15, -0.1) is 0 Å². The second kappa shape index (κ2) is 8.79. The Balaban J connectivity index is 1.15. The van der Waals surface area contributed by atoms with E-state index >= 15 is 0 Å². The summed E-state index contributed by atoms with van der Waals surface area (Å²) in [6.45, 7) is 3.97. The Morgan fingerprint density at radius 3 is 2.78 bits per heavy atom. The fraction of sp³-hybridized carbons (Fsp3) is 0.414. The van der Waals surface area contributed by atoms with Gasteiger partial charge in [-0.3, -0.25) is 0 Å². The van der Waals surface area contributed by atoms with Crippen LogP contribution in [-0.4, -0.2) is 43.6 Å². The van der Waals surface area contributed by atoms with Crippen molar-refractivity contribution in [1.29, 1.82) is 0 Å². The van der Waals surface area contributed by atoms with E-state index in [4.69, 9.17) is 26.1 Å². The van der Waals surface area contributed by atoms with Crippen LogP contribution in [0.2, 0.25) is 5.15 Å². The molecule has 2 aliphatic carbocycles. The average molecular weight is 516 g/mol. The molecule has 7 rings (SSSR count). The summed E-state index contributed by atoms with van der Waals surface area (Å²) in [6, 6.07) is 13.4. The topological polar surface area (TPSA) is 74.1 Å². The van der Waals surface area contributed by atoms with Crippen LogP contribution in [0.4, 0.5) is 5.82 Å². The molecule has 37 heavy (non-hydrogen) atoms. The van der Waals surface area contributed by atoms with Gasteiger partial charge in [0.25, 0.3) is 0 Å². The number of hydrogen-bond donors (Lipinski definition) is 1. The van der Waals surface area contributed by atoms with Crippen LogP contribution in [0.15, 0.2) is 60.6 Å². The fourth-order valence-electron chi connectivity index (χ4n) is 5.83. The first-order valence-electron chi connectivity index (χ1n) is 13.1. The van der Waals surface area contributed by atoms with Crippen molar-refractivity contribution in [2.45, 2.75) is 76.0 Å². The minimum Gasteiger partial charge on any atom is -0.367 e. The summed E-state index contributed by atoms with van der Waals surface area (Å²) >= 11 is 6.32. The number of benzene rings is 1. The summed E-state index contributed by atoms with van der Waals surface area (Å²) in [5.74, 6) is 0.333. The maximum absolute atomic E-state index is 6.40.